The molecule has 7 nitrogen and oxygen atoms in total. The minimum Gasteiger partial charge on any atom is -0.481 e. The Kier molecular flexibility index (Phi) is 6.16. The van der Waals surface area contributed by atoms with Gasteiger partial charge in [-0.15, -0.1) is 0 Å². The van der Waals surface area contributed by atoms with E-state index in [4.69, 9.17) is 0 Å². The molecule has 1 heterocycles. The largest absolute Gasteiger partial charge is 0.481 e. The molecule has 1 saturated heterocycles. The first kappa shape index (κ1) is 19.8. The van der Waals surface area contributed by atoms with Crippen LogP contribution in [0.1, 0.15) is 44.1 Å². The van der Waals surface area contributed by atoms with Crippen molar-refractivity contribution in [3.05, 3.63) is 29.8 Å². The van der Waals surface area contributed by atoms with E-state index in [0.717, 1.165) is 25.7 Å². The fraction of sp³-hybridized carbons (Fsp3) is 0.579. The number of hydrogen-bond donors (Lipinski definition) is 2. The van der Waals surface area contributed by atoms with E-state index in [0.29, 0.717) is 31.5 Å². The molecule has 1 saturated carbocycles. The number of nitrogens with one attached hydrogen (secondary N) is 1. The van der Waals surface area contributed by atoms with Crippen molar-refractivity contribution in [3.63, 3.8) is 0 Å². The third-order valence-electron chi connectivity index (χ3n) is 5.42. The van der Waals surface area contributed by atoms with Gasteiger partial charge in [0.25, 0.3) is 0 Å². The molecule has 2 fully saturated rings. The topological polar surface area (TPSA) is 104 Å². The highest BCUT2D eigenvalue weighted by Crippen LogP contribution is 2.26. The van der Waals surface area contributed by atoms with Gasteiger partial charge in [0.2, 0.25) is 15.9 Å². The Labute approximate surface area is 159 Å². The summed E-state index contributed by atoms with van der Waals surface area (Å²) in [7, 11) is -3.48. The Morgan fingerprint density at radius 2 is 1.70 bits per heavy atom. The van der Waals surface area contributed by atoms with E-state index in [2.05, 4.69) is 5.32 Å². The van der Waals surface area contributed by atoms with Crippen LogP contribution in [0.25, 0.3) is 0 Å². The molecule has 2 atom stereocenters. The van der Waals surface area contributed by atoms with E-state index in [-0.39, 0.29) is 23.3 Å². The molecule has 27 heavy (non-hydrogen) atoms. The van der Waals surface area contributed by atoms with Crippen LogP contribution in [0.4, 0.5) is 0 Å². The molecule has 1 aliphatic heterocycles. The van der Waals surface area contributed by atoms with Crippen LogP contribution in [0.2, 0.25) is 0 Å². The number of piperidine rings is 1. The van der Waals surface area contributed by atoms with Gasteiger partial charge in [0.15, 0.2) is 0 Å². The maximum absolute atomic E-state index is 12.6. The lowest BCUT2D eigenvalue weighted by atomic mass is 10.0. The molecule has 1 aromatic rings. The van der Waals surface area contributed by atoms with Crippen LogP contribution in [0.5, 0.6) is 0 Å². The molecule has 1 amide bonds. The van der Waals surface area contributed by atoms with Gasteiger partial charge in [-0.05, 0) is 43.4 Å². The molecular formula is C19H26N2O5S. The maximum Gasteiger partial charge on any atom is 0.308 e. The number of benzene rings is 1. The number of nitrogens with zero attached hydrogens (tertiary/aromatic N) is 1. The summed E-state index contributed by atoms with van der Waals surface area (Å²) in [5.74, 6) is -1.63. The Hall–Kier alpha value is -1.93. The third kappa shape index (κ3) is 4.68. The Morgan fingerprint density at radius 1 is 1.04 bits per heavy atom. The second-order valence-electron chi connectivity index (χ2n) is 7.34. The monoisotopic (exact) mass is 394 g/mol. The minimum atomic E-state index is -3.48. The SMILES string of the molecule is O=C(Cc1ccc(S(=O)(=O)N2CCCCC2)cc1)N[C@H]1CCC[C@H]1C(=O)O. The number of amides is 1. The summed E-state index contributed by atoms with van der Waals surface area (Å²) < 4.78 is 26.8. The number of carboxylic acids is 1. The average Bonchev–Trinajstić information content (AvgIpc) is 3.11. The van der Waals surface area contributed by atoms with E-state index in [9.17, 15) is 23.1 Å². The van der Waals surface area contributed by atoms with Crippen LogP contribution in [0.3, 0.4) is 0 Å². The predicted molar refractivity (Wildman–Crippen MR) is 99.7 cm³/mol. The normalized spacial score (nSPS) is 23.9. The van der Waals surface area contributed by atoms with Crippen LogP contribution >= 0.6 is 0 Å². The summed E-state index contributed by atoms with van der Waals surface area (Å²) in [6.07, 6.45) is 4.99. The van der Waals surface area contributed by atoms with Gasteiger partial charge in [-0.3, -0.25) is 9.59 Å². The van der Waals surface area contributed by atoms with Gasteiger partial charge in [-0.25, -0.2) is 8.42 Å². The lowest BCUT2D eigenvalue weighted by Crippen LogP contribution is -2.40. The van der Waals surface area contributed by atoms with E-state index in [1.54, 1.807) is 24.3 Å². The zero-order chi connectivity index (χ0) is 19.4. The standard InChI is InChI=1S/C19H26N2O5S/c22-18(20-17-6-4-5-16(17)19(23)24)13-14-7-9-15(10-8-14)27(25,26)21-11-2-1-3-12-21/h7-10,16-17H,1-6,11-13H2,(H,20,22)(H,23,24)/t16-,17+/m1/s1. The number of carbonyl (C=O) groups is 2. The Balaban J connectivity index is 1.60. The summed E-state index contributed by atoms with van der Waals surface area (Å²) in [5.41, 5.74) is 0.704. The van der Waals surface area contributed by atoms with Crippen molar-refractivity contribution < 1.29 is 23.1 Å². The van der Waals surface area contributed by atoms with E-state index in [1.165, 1.54) is 4.31 Å². The summed E-state index contributed by atoms with van der Waals surface area (Å²) in [6.45, 7) is 1.11. The number of carbonyl (C=O) groups excluding carboxylic acids is 1. The Bertz CT molecular complexity index is 785. The molecule has 2 aliphatic rings. The first-order valence-corrected chi connectivity index (χ1v) is 10.9. The second-order valence-corrected chi connectivity index (χ2v) is 9.27. The zero-order valence-electron chi connectivity index (χ0n) is 15.3. The average molecular weight is 394 g/mol. The molecule has 1 aromatic carbocycles. The fourth-order valence-corrected chi connectivity index (χ4v) is 5.42. The first-order chi connectivity index (χ1) is 12.9. The molecular weight excluding hydrogens is 368 g/mol. The number of rotatable bonds is 6. The van der Waals surface area contributed by atoms with Crippen molar-refractivity contribution in [2.24, 2.45) is 5.92 Å². The number of hydrogen-bond acceptors (Lipinski definition) is 4. The number of sulfonamides is 1. The van der Waals surface area contributed by atoms with E-state index < -0.39 is 21.9 Å². The summed E-state index contributed by atoms with van der Waals surface area (Å²) in [4.78, 5) is 23.7. The quantitative estimate of drug-likeness (QED) is 0.765. The van der Waals surface area contributed by atoms with E-state index >= 15 is 0 Å². The lowest BCUT2D eigenvalue weighted by molar-refractivity contribution is -0.142. The summed E-state index contributed by atoms with van der Waals surface area (Å²) in [5, 5.41) is 12.0. The lowest BCUT2D eigenvalue weighted by Gasteiger charge is -2.25. The van der Waals surface area contributed by atoms with Crippen molar-refractivity contribution in [1.82, 2.24) is 9.62 Å². The smallest absolute Gasteiger partial charge is 0.308 e. The highest BCUT2D eigenvalue weighted by molar-refractivity contribution is 7.89. The molecule has 0 spiro atoms. The van der Waals surface area contributed by atoms with Gasteiger partial charge in [-0.1, -0.05) is 25.0 Å². The number of carboxylic acid groups (broad SMARTS) is 1. The van der Waals surface area contributed by atoms with Crippen molar-refractivity contribution in [1.29, 1.82) is 0 Å². The molecule has 2 N–H and O–H groups in total. The second kappa shape index (κ2) is 8.39. The van der Waals surface area contributed by atoms with Gasteiger partial charge >= 0.3 is 5.97 Å². The van der Waals surface area contributed by atoms with Gasteiger partial charge in [0.1, 0.15) is 0 Å². The molecule has 3 rings (SSSR count). The van der Waals surface area contributed by atoms with Gasteiger partial charge in [-0.2, -0.15) is 4.31 Å². The summed E-state index contributed by atoms with van der Waals surface area (Å²) in [6, 6.07) is 6.07. The minimum absolute atomic E-state index is 0.104. The van der Waals surface area contributed by atoms with Crippen LogP contribution in [-0.2, 0) is 26.0 Å². The molecule has 148 valence electrons. The first-order valence-electron chi connectivity index (χ1n) is 9.49. The molecule has 0 unspecified atom stereocenters. The Morgan fingerprint density at radius 3 is 2.33 bits per heavy atom. The van der Waals surface area contributed by atoms with Crippen molar-refractivity contribution in [2.45, 2.75) is 55.9 Å². The summed E-state index contributed by atoms with van der Waals surface area (Å²) >= 11 is 0. The molecule has 0 radical (unpaired) electrons. The van der Waals surface area contributed by atoms with Gasteiger partial charge in [0.05, 0.1) is 17.2 Å². The van der Waals surface area contributed by atoms with E-state index in [1.807, 2.05) is 0 Å². The molecule has 8 heteroatoms. The van der Waals surface area contributed by atoms with Crippen molar-refractivity contribution in [2.75, 3.05) is 13.1 Å². The van der Waals surface area contributed by atoms with Gasteiger partial charge in [0, 0.05) is 19.1 Å². The van der Waals surface area contributed by atoms with Crippen molar-refractivity contribution in [3.8, 4) is 0 Å². The fourth-order valence-electron chi connectivity index (χ4n) is 3.91. The highest BCUT2D eigenvalue weighted by atomic mass is 32.2. The third-order valence-corrected chi connectivity index (χ3v) is 7.33. The molecule has 0 bridgehead atoms. The maximum atomic E-state index is 12.6. The molecule has 0 aromatic heterocycles. The highest BCUT2D eigenvalue weighted by Gasteiger charge is 2.33. The van der Waals surface area contributed by atoms with Crippen LogP contribution in [-0.4, -0.2) is 48.8 Å². The van der Waals surface area contributed by atoms with Crippen LogP contribution in [0.15, 0.2) is 29.2 Å². The van der Waals surface area contributed by atoms with Gasteiger partial charge < -0.3 is 10.4 Å². The predicted octanol–water partition coefficient (Wildman–Crippen LogP) is 1.77. The van der Waals surface area contributed by atoms with Crippen LogP contribution < -0.4 is 5.32 Å². The zero-order valence-corrected chi connectivity index (χ0v) is 16.1. The number of aliphatic carboxylic acids is 1. The molecule has 1 aliphatic carbocycles. The van der Waals surface area contributed by atoms with Crippen molar-refractivity contribution >= 4 is 21.9 Å². The van der Waals surface area contributed by atoms with Crippen LogP contribution in [0, 0.1) is 5.92 Å².